The summed E-state index contributed by atoms with van der Waals surface area (Å²) < 4.78 is 0. The quantitative estimate of drug-likeness (QED) is 0.807. The highest BCUT2D eigenvalue weighted by Gasteiger charge is 2.19. The standard InChI is InChI=1S/C14H18Cl2N2S/c1-8(2)12-4-5-19-14(17-12)18-13-7-10(15)9(3)6-11(13)16/h6-8,12H,4-5H2,1-3H3,(H,17,18). The van der Waals surface area contributed by atoms with Gasteiger partial charge in [0.05, 0.1) is 16.8 Å². The summed E-state index contributed by atoms with van der Waals surface area (Å²) in [7, 11) is 0. The SMILES string of the molecule is Cc1cc(Cl)c(NC2=NC(C(C)C)CCS2)cc1Cl. The minimum absolute atomic E-state index is 0.392. The van der Waals surface area contributed by atoms with Crippen LogP contribution in [0, 0.1) is 12.8 Å². The molecule has 1 atom stereocenters. The third kappa shape index (κ3) is 3.80. The number of amidine groups is 1. The van der Waals surface area contributed by atoms with Crippen LogP contribution in [0.2, 0.25) is 10.0 Å². The maximum absolute atomic E-state index is 6.23. The molecule has 5 heteroatoms. The van der Waals surface area contributed by atoms with E-state index in [1.54, 1.807) is 11.8 Å². The summed E-state index contributed by atoms with van der Waals surface area (Å²) in [6.07, 6.45) is 1.13. The Bertz CT molecular complexity index is 500. The van der Waals surface area contributed by atoms with Crippen LogP contribution in [0.1, 0.15) is 25.8 Å². The van der Waals surface area contributed by atoms with Crippen LogP contribution in [0.15, 0.2) is 17.1 Å². The second-order valence-corrected chi connectivity index (χ2v) is 6.99. The Kier molecular flexibility index (Phi) is 5.04. The van der Waals surface area contributed by atoms with Crippen molar-refractivity contribution >= 4 is 45.8 Å². The Morgan fingerprint density at radius 2 is 2.05 bits per heavy atom. The Morgan fingerprint density at radius 3 is 2.74 bits per heavy atom. The van der Waals surface area contributed by atoms with Crippen molar-refractivity contribution in [3.63, 3.8) is 0 Å². The lowest BCUT2D eigenvalue weighted by Crippen LogP contribution is -2.24. The fourth-order valence-corrected chi connectivity index (χ4v) is 3.31. The number of aryl methyl sites for hydroxylation is 1. The fourth-order valence-electron chi connectivity index (χ4n) is 1.94. The van der Waals surface area contributed by atoms with Gasteiger partial charge in [0.1, 0.15) is 0 Å². The van der Waals surface area contributed by atoms with Crippen molar-refractivity contribution in [2.45, 2.75) is 33.2 Å². The van der Waals surface area contributed by atoms with Crippen LogP contribution >= 0.6 is 35.0 Å². The summed E-state index contributed by atoms with van der Waals surface area (Å²) in [4.78, 5) is 4.74. The van der Waals surface area contributed by atoms with Gasteiger partial charge in [0, 0.05) is 10.8 Å². The smallest absolute Gasteiger partial charge is 0.161 e. The van der Waals surface area contributed by atoms with Crippen molar-refractivity contribution in [3.8, 4) is 0 Å². The first-order valence-electron chi connectivity index (χ1n) is 6.40. The van der Waals surface area contributed by atoms with E-state index in [1.807, 2.05) is 19.1 Å². The minimum atomic E-state index is 0.392. The van der Waals surface area contributed by atoms with Gasteiger partial charge in [-0.3, -0.25) is 4.99 Å². The average molecular weight is 317 g/mol. The molecule has 1 N–H and O–H groups in total. The van der Waals surface area contributed by atoms with Gasteiger partial charge < -0.3 is 5.32 Å². The highest BCUT2D eigenvalue weighted by molar-refractivity contribution is 8.14. The molecule has 1 aliphatic rings. The van der Waals surface area contributed by atoms with Crippen LogP contribution < -0.4 is 5.32 Å². The zero-order valence-electron chi connectivity index (χ0n) is 11.3. The second-order valence-electron chi connectivity index (χ2n) is 5.09. The number of hydrogen-bond donors (Lipinski definition) is 1. The molecule has 104 valence electrons. The van der Waals surface area contributed by atoms with Crippen LogP contribution in [0.3, 0.4) is 0 Å². The number of halogens is 2. The first-order chi connectivity index (χ1) is 8.97. The van der Waals surface area contributed by atoms with Crippen molar-refractivity contribution in [2.75, 3.05) is 11.1 Å². The summed E-state index contributed by atoms with van der Waals surface area (Å²) in [5, 5.41) is 5.63. The molecule has 19 heavy (non-hydrogen) atoms. The molecule has 0 saturated heterocycles. The normalized spacial score (nSPS) is 19.5. The number of hydrogen-bond acceptors (Lipinski definition) is 3. The van der Waals surface area contributed by atoms with Crippen LogP contribution in [0.25, 0.3) is 0 Å². The molecule has 1 aliphatic heterocycles. The second kappa shape index (κ2) is 6.38. The van der Waals surface area contributed by atoms with Gasteiger partial charge in [-0.1, -0.05) is 48.8 Å². The summed E-state index contributed by atoms with van der Waals surface area (Å²) in [6.45, 7) is 6.36. The van der Waals surface area contributed by atoms with Gasteiger partial charge in [-0.25, -0.2) is 0 Å². The molecule has 0 bridgehead atoms. The van der Waals surface area contributed by atoms with Gasteiger partial charge in [-0.2, -0.15) is 0 Å². The maximum atomic E-state index is 6.23. The number of rotatable bonds is 2. The highest BCUT2D eigenvalue weighted by Crippen LogP contribution is 2.31. The van der Waals surface area contributed by atoms with Gasteiger partial charge in [-0.05, 0) is 37.0 Å². The maximum Gasteiger partial charge on any atom is 0.161 e. The number of thioether (sulfide) groups is 1. The van der Waals surface area contributed by atoms with Gasteiger partial charge in [-0.15, -0.1) is 0 Å². The molecule has 1 aromatic carbocycles. The zero-order chi connectivity index (χ0) is 14.0. The Labute approximate surface area is 129 Å². The lowest BCUT2D eigenvalue weighted by atomic mass is 10.0. The van der Waals surface area contributed by atoms with Crippen molar-refractivity contribution in [1.82, 2.24) is 0 Å². The van der Waals surface area contributed by atoms with E-state index in [9.17, 15) is 0 Å². The van der Waals surface area contributed by atoms with Gasteiger partial charge in [0.15, 0.2) is 5.17 Å². The molecule has 0 saturated carbocycles. The number of nitrogens with one attached hydrogen (secondary N) is 1. The number of aliphatic imine (C=N–C) groups is 1. The third-order valence-electron chi connectivity index (χ3n) is 3.19. The lowest BCUT2D eigenvalue weighted by Gasteiger charge is -2.23. The first kappa shape index (κ1) is 15.0. The molecule has 2 nitrogen and oxygen atoms in total. The Balaban J connectivity index is 2.19. The summed E-state index contributed by atoms with van der Waals surface area (Å²) >= 11 is 14.1. The molecule has 0 amide bonds. The molecule has 0 aromatic heterocycles. The van der Waals surface area contributed by atoms with Crippen molar-refractivity contribution in [2.24, 2.45) is 10.9 Å². The van der Waals surface area contributed by atoms with E-state index >= 15 is 0 Å². The van der Waals surface area contributed by atoms with Crippen LogP contribution in [-0.4, -0.2) is 17.0 Å². The highest BCUT2D eigenvalue weighted by atomic mass is 35.5. The van der Waals surface area contributed by atoms with E-state index in [0.29, 0.717) is 22.0 Å². The third-order valence-corrected chi connectivity index (χ3v) is 4.84. The molecule has 0 radical (unpaired) electrons. The van der Waals surface area contributed by atoms with E-state index in [1.165, 1.54) is 0 Å². The fraction of sp³-hybridized carbons (Fsp3) is 0.500. The van der Waals surface area contributed by atoms with E-state index in [-0.39, 0.29) is 0 Å². The topological polar surface area (TPSA) is 24.4 Å². The van der Waals surface area contributed by atoms with Gasteiger partial charge >= 0.3 is 0 Å². The predicted octanol–water partition coefficient (Wildman–Crippen LogP) is 5.23. The first-order valence-corrected chi connectivity index (χ1v) is 8.15. The Morgan fingerprint density at radius 1 is 1.32 bits per heavy atom. The van der Waals surface area contributed by atoms with Crippen molar-refractivity contribution in [3.05, 3.63) is 27.7 Å². The van der Waals surface area contributed by atoms with Crippen LogP contribution in [0.5, 0.6) is 0 Å². The van der Waals surface area contributed by atoms with Crippen LogP contribution in [-0.2, 0) is 0 Å². The van der Waals surface area contributed by atoms with E-state index < -0.39 is 0 Å². The average Bonchev–Trinajstić information content (AvgIpc) is 2.36. The van der Waals surface area contributed by atoms with E-state index in [2.05, 4.69) is 19.2 Å². The van der Waals surface area contributed by atoms with E-state index in [0.717, 1.165) is 28.6 Å². The van der Waals surface area contributed by atoms with Crippen molar-refractivity contribution < 1.29 is 0 Å². The van der Waals surface area contributed by atoms with Crippen LogP contribution in [0.4, 0.5) is 5.69 Å². The number of anilines is 1. The van der Waals surface area contributed by atoms with E-state index in [4.69, 9.17) is 28.2 Å². The Hall–Kier alpha value is -0.380. The number of benzene rings is 1. The summed E-state index contributed by atoms with van der Waals surface area (Å²) in [5.41, 5.74) is 1.81. The monoisotopic (exact) mass is 316 g/mol. The molecule has 1 unspecified atom stereocenters. The minimum Gasteiger partial charge on any atom is -0.334 e. The molecule has 0 spiro atoms. The van der Waals surface area contributed by atoms with Crippen molar-refractivity contribution in [1.29, 1.82) is 0 Å². The molecule has 2 rings (SSSR count). The van der Waals surface area contributed by atoms with Gasteiger partial charge in [0.2, 0.25) is 0 Å². The molecule has 0 fully saturated rings. The zero-order valence-corrected chi connectivity index (χ0v) is 13.7. The molecular formula is C14H18Cl2N2S. The number of nitrogens with zero attached hydrogens (tertiary/aromatic N) is 1. The lowest BCUT2D eigenvalue weighted by molar-refractivity contribution is 0.485. The summed E-state index contributed by atoms with van der Waals surface area (Å²) in [5.74, 6) is 1.65. The molecule has 0 aliphatic carbocycles. The molecular weight excluding hydrogens is 299 g/mol. The molecule has 1 aromatic rings. The largest absolute Gasteiger partial charge is 0.334 e. The predicted molar refractivity (Wildman–Crippen MR) is 88.0 cm³/mol. The van der Waals surface area contributed by atoms with Gasteiger partial charge in [0.25, 0.3) is 0 Å². The molecule has 1 heterocycles. The summed E-state index contributed by atoms with van der Waals surface area (Å²) in [6, 6.07) is 4.13.